The van der Waals surface area contributed by atoms with Crippen molar-refractivity contribution in [2.45, 2.75) is 0 Å². The van der Waals surface area contributed by atoms with Crippen molar-refractivity contribution in [3.63, 3.8) is 0 Å². The fourth-order valence-electron chi connectivity index (χ4n) is 1.37. The van der Waals surface area contributed by atoms with E-state index in [0.717, 1.165) is 6.07 Å². The first-order valence-corrected chi connectivity index (χ1v) is 5.97. The number of nitrogens with zero attached hydrogens (tertiary/aromatic N) is 3. The summed E-state index contributed by atoms with van der Waals surface area (Å²) in [5, 5.41) is 13.1. The molecular weight excluding hydrogens is 307 g/mol. The number of hydrogen-bond donors (Lipinski definition) is 1. The lowest BCUT2D eigenvalue weighted by Gasteiger charge is -2.05. The highest BCUT2D eigenvalue weighted by Gasteiger charge is 2.15. The molecule has 0 fully saturated rings. The number of aromatic nitrogens is 2. The SMILES string of the molecule is O=C(Nc1nccc(Cl)n1)c1ccc([N+](=O)[O-])cc1Cl. The Kier molecular flexibility index (Phi) is 4.11. The number of amides is 1. The molecule has 1 amide bonds. The molecule has 20 heavy (non-hydrogen) atoms. The first-order chi connectivity index (χ1) is 9.47. The first kappa shape index (κ1) is 14.2. The largest absolute Gasteiger partial charge is 0.290 e. The van der Waals surface area contributed by atoms with Crippen LogP contribution in [0.4, 0.5) is 11.6 Å². The molecule has 0 aliphatic carbocycles. The summed E-state index contributed by atoms with van der Waals surface area (Å²) >= 11 is 11.5. The third kappa shape index (κ3) is 3.19. The molecule has 0 saturated carbocycles. The summed E-state index contributed by atoms with van der Waals surface area (Å²) < 4.78 is 0. The molecule has 9 heteroatoms. The molecule has 0 unspecified atom stereocenters. The molecule has 2 aromatic rings. The lowest BCUT2D eigenvalue weighted by atomic mass is 10.2. The molecule has 0 aliphatic heterocycles. The number of carbonyl (C=O) groups is 1. The number of benzene rings is 1. The van der Waals surface area contributed by atoms with Crippen molar-refractivity contribution in [2.75, 3.05) is 5.32 Å². The van der Waals surface area contributed by atoms with Gasteiger partial charge < -0.3 is 0 Å². The second kappa shape index (κ2) is 5.81. The first-order valence-electron chi connectivity index (χ1n) is 5.21. The van der Waals surface area contributed by atoms with Crippen molar-refractivity contribution >= 4 is 40.7 Å². The molecule has 7 nitrogen and oxygen atoms in total. The molecule has 0 saturated heterocycles. The van der Waals surface area contributed by atoms with Crippen LogP contribution in [-0.4, -0.2) is 20.8 Å². The van der Waals surface area contributed by atoms with Crippen molar-refractivity contribution in [1.82, 2.24) is 9.97 Å². The van der Waals surface area contributed by atoms with Gasteiger partial charge >= 0.3 is 0 Å². The molecule has 102 valence electrons. The van der Waals surface area contributed by atoms with Crippen molar-refractivity contribution in [2.24, 2.45) is 0 Å². The average Bonchev–Trinajstić information content (AvgIpc) is 2.38. The number of nitrogens with one attached hydrogen (secondary N) is 1. The number of halogens is 2. The zero-order valence-corrected chi connectivity index (χ0v) is 11.2. The fraction of sp³-hybridized carbons (Fsp3) is 0. The van der Waals surface area contributed by atoms with Gasteiger partial charge in [0.25, 0.3) is 11.6 Å². The van der Waals surface area contributed by atoms with Crippen LogP contribution in [-0.2, 0) is 0 Å². The molecule has 0 spiro atoms. The summed E-state index contributed by atoms with van der Waals surface area (Å²) in [6.07, 6.45) is 1.38. The van der Waals surface area contributed by atoms with E-state index in [4.69, 9.17) is 23.2 Å². The molecular formula is C11H6Cl2N4O3. The molecule has 0 radical (unpaired) electrons. The number of anilines is 1. The minimum atomic E-state index is -0.604. The normalized spacial score (nSPS) is 10.1. The smallest absolute Gasteiger partial charge is 0.270 e. The summed E-state index contributed by atoms with van der Waals surface area (Å²) in [6, 6.07) is 4.98. The maximum absolute atomic E-state index is 11.9. The lowest BCUT2D eigenvalue weighted by Crippen LogP contribution is -2.14. The van der Waals surface area contributed by atoms with Crippen LogP contribution in [0.3, 0.4) is 0 Å². The summed E-state index contributed by atoms with van der Waals surface area (Å²) in [5.41, 5.74) is -0.133. The van der Waals surface area contributed by atoms with Gasteiger partial charge in [0.1, 0.15) is 5.15 Å². The number of carbonyl (C=O) groups excluding carboxylic acids is 1. The monoisotopic (exact) mass is 312 g/mol. The maximum atomic E-state index is 11.9. The Hall–Kier alpha value is -2.25. The molecule has 1 N–H and O–H groups in total. The third-order valence-electron chi connectivity index (χ3n) is 2.26. The Bertz CT molecular complexity index is 693. The molecule has 0 bridgehead atoms. The second-order valence-corrected chi connectivity index (χ2v) is 4.37. The number of non-ortho nitro benzene ring substituents is 1. The molecule has 1 aromatic heterocycles. The minimum Gasteiger partial charge on any atom is -0.290 e. The Morgan fingerprint density at radius 2 is 2.05 bits per heavy atom. The number of nitro benzene ring substituents is 1. The fourth-order valence-corrected chi connectivity index (χ4v) is 1.76. The van der Waals surface area contributed by atoms with Crippen molar-refractivity contribution in [3.8, 4) is 0 Å². The van der Waals surface area contributed by atoms with Crippen LogP contribution in [0.1, 0.15) is 10.4 Å². The number of nitro groups is 1. The summed E-state index contributed by atoms with van der Waals surface area (Å²) in [7, 11) is 0. The summed E-state index contributed by atoms with van der Waals surface area (Å²) in [6.45, 7) is 0. The highest BCUT2D eigenvalue weighted by atomic mass is 35.5. The van der Waals surface area contributed by atoms with Crippen LogP contribution < -0.4 is 5.32 Å². The molecule has 1 aromatic carbocycles. The van der Waals surface area contributed by atoms with Gasteiger partial charge in [0, 0.05) is 18.3 Å². The van der Waals surface area contributed by atoms with Gasteiger partial charge in [0.2, 0.25) is 5.95 Å². The van der Waals surface area contributed by atoms with Crippen LogP contribution >= 0.6 is 23.2 Å². The van der Waals surface area contributed by atoms with Gasteiger partial charge in [0.05, 0.1) is 15.5 Å². The van der Waals surface area contributed by atoms with Crippen LogP contribution in [0.15, 0.2) is 30.5 Å². The van der Waals surface area contributed by atoms with Gasteiger partial charge in [-0.15, -0.1) is 0 Å². The zero-order valence-electron chi connectivity index (χ0n) is 9.71. The van der Waals surface area contributed by atoms with E-state index >= 15 is 0 Å². The minimum absolute atomic E-state index is 0.0110. The highest BCUT2D eigenvalue weighted by molar-refractivity contribution is 6.34. The van der Waals surface area contributed by atoms with Gasteiger partial charge in [0.15, 0.2) is 0 Å². The topological polar surface area (TPSA) is 98.0 Å². The van der Waals surface area contributed by atoms with Gasteiger partial charge in [-0.05, 0) is 12.1 Å². The molecule has 1 heterocycles. The van der Waals surface area contributed by atoms with Crippen LogP contribution in [0.25, 0.3) is 0 Å². The Morgan fingerprint density at radius 1 is 1.30 bits per heavy atom. The Balaban J connectivity index is 2.23. The van der Waals surface area contributed by atoms with E-state index in [0.29, 0.717) is 0 Å². The van der Waals surface area contributed by atoms with Crippen molar-refractivity contribution in [3.05, 3.63) is 56.3 Å². The summed E-state index contributed by atoms with van der Waals surface area (Å²) in [5.74, 6) is -0.580. The average molecular weight is 313 g/mol. The number of rotatable bonds is 3. The van der Waals surface area contributed by atoms with E-state index in [1.807, 2.05) is 0 Å². The van der Waals surface area contributed by atoms with Crippen molar-refractivity contribution in [1.29, 1.82) is 0 Å². The molecule has 2 rings (SSSR count). The predicted molar refractivity (Wildman–Crippen MR) is 73.1 cm³/mol. The lowest BCUT2D eigenvalue weighted by molar-refractivity contribution is -0.384. The predicted octanol–water partition coefficient (Wildman–Crippen LogP) is 2.94. The number of hydrogen-bond acceptors (Lipinski definition) is 5. The molecule has 0 atom stereocenters. The van der Waals surface area contributed by atoms with Crippen LogP contribution in [0.5, 0.6) is 0 Å². The van der Waals surface area contributed by atoms with Crippen LogP contribution in [0, 0.1) is 10.1 Å². The third-order valence-corrected chi connectivity index (χ3v) is 2.78. The van der Waals surface area contributed by atoms with E-state index < -0.39 is 10.8 Å². The van der Waals surface area contributed by atoms with E-state index in [9.17, 15) is 14.9 Å². The van der Waals surface area contributed by atoms with E-state index in [1.165, 1.54) is 24.4 Å². The highest BCUT2D eigenvalue weighted by Crippen LogP contribution is 2.23. The van der Waals surface area contributed by atoms with Gasteiger partial charge in [-0.1, -0.05) is 23.2 Å². The van der Waals surface area contributed by atoms with E-state index in [2.05, 4.69) is 15.3 Å². The van der Waals surface area contributed by atoms with Gasteiger partial charge in [-0.2, -0.15) is 0 Å². The van der Waals surface area contributed by atoms with E-state index in [-0.39, 0.29) is 27.4 Å². The van der Waals surface area contributed by atoms with Crippen LogP contribution in [0.2, 0.25) is 10.2 Å². The molecule has 0 aliphatic rings. The maximum Gasteiger partial charge on any atom is 0.270 e. The summed E-state index contributed by atoms with van der Waals surface area (Å²) in [4.78, 5) is 29.5. The Morgan fingerprint density at radius 3 is 2.65 bits per heavy atom. The zero-order chi connectivity index (χ0) is 14.7. The van der Waals surface area contributed by atoms with Gasteiger partial charge in [-0.3, -0.25) is 20.2 Å². The second-order valence-electron chi connectivity index (χ2n) is 3.58. The Labute approximate surface area is 122 Å². The van der Waals surface area contributed by atoms with E-state index in [1.54, 1.807) is 0 Å². The quantitative estimate of drug-likeness (QED) is 0.533. The standard InChI is InChI=1S/C11H6Cl2N4O3/c12-8-5-6(17(19)20)1-2-7(8)10(18)16-11-14-4-3-9(13)15-11/h1-5H,(H,14,15,16,18). The van der Waals surface area contributed by atoms with Crippen molar-refractivity contribution < 1.29 is 9.72 Å². The van der Waals surface area contributed by atoms with Gasteiger partial charge in [-0.25, -0.2) is 9.97 Å².